The number of amides is 1. The molecule has 0 aliphatic carbocycles. The number of rotatable bonds is 3. The molecule has 1 fully saturated rings. The van der Waals surface area contributed by atoms with Gasteiger partial charge in [0.2, 0.25) is 15.9 Å². The summed E-state index contributed by atoms with van der Waals surface area (Å²) in [5.74, 6) is -0.324. The van der Waals surface area contributed by atoms with Crippen LogP contribution in [0, 0.1) is 0 Å². The van der Waals surface area contributed by atoms with E-state index in [-0.39, 0.29) is 18.2 Å². The number of halogens is 1. The van der Waals surface area contributed by atoms with Crippen molar-refractivity contribution in [1.82, 2.24) is 9.62 Å². The molecular formula is C12H15ClN2O3S. The zero-order chi connectivity index (χ0) is 14.0. The summed E-state index contributed by atoms with van der Waals surface area (Å²) in [4.78, 5) is 12.0. The molecule has 2 rings (SSSR count). The van der Waals surface area contributed by atoms with Crippen LogP contribution in [0.15, 0.2) is 24.3 Å². The number of nitrogens with one attached hydrogen (secondary N) is 1. The highest BCUT2D eigenvalue weighted by Crippen LogP contribution is 2.27. The summed E-state index contributed by atoms with van der Waals surface area (Å²) in [6, 6.07) is 5.84. The van der Waals surface area contributed by atoms with Crippen LogP contribution in [0.3, 0.4) is 0 Å². The number of benzene rings is 1. The lowest BCUT2D eigenvalue weighted by atomic mass is 10.1. The number of hydrogen-bond acceptors (Lipinski definition) is 3. The second-order valence-electron chi connectivity index (χ2n) is 4.26. The van der Waals surface area contributed by atoms with E-state index < -0.39 is 16.1 Å². The molecule has 19 heavy (non-hydrogen) atoms. The monoisotopic (exact) mass is 302 g/mol. The van der Waals surface area contributed by atoms with Crippen molar-refractivity contribution >= 4 is 27.5 Å². The van der Waals surface area contributed by atoms with Gasteiger partial charge in [0, 0.05) is 18.1 Å². The minimum absolute atomic E-state index is 0.0234. The average Bonchev–Trinajstić information content (AvgIpc) is 2.40. The first-order valence-corrected chi connectivity index (χ1v) is 7.97. The van der Waals surface area contributed by atoms with Crippen LogP contribution >= 0.6 is 11.6 Å². The molecule has 0 radical (unpaired) electrons. The fourth-order valence-electron chi connectivity index (χ4n) is 2.07. The van der Waals surface area contributed by atoms with E-state index >= 15 is 0 Å². The highest BCUT2D eigenvalue weighted by molar-refractivity contribution is 7.89. The second kappa shape index (κ2) is 5.48. The molecule has 1 N–H and O–H groups in total. The Kier molecular flexibility index (Phi) is 4.13. The molecule has 104 valence electrons. The van der Waals surface area contributed by atoms with Crippen LogP contribution in [-0.2, 0) is 14.8 Å². The summed E-state index contributed by atoms with van der Waals surface area (Å²) >= 11 is 5.81. The SMILES string of the molecule is CCS(=O)(=O)N1CCNC(=O)C1c1ccc(Cl)cc1. The largest absolute Gasteiger partial charge is 0.353 e. The Bertz CT molecular complexity index is 571. The molecule has 0 aromatic heterocycles. The van der Waals surface area contributed by atoms with E-state index in [9.17, 15) is 13.2 Å². The van der Waals surface area contributed by atoms with Gasteiger partial charge in [-0.15, -0.1) is 0 Å². The first-order chi connectivity index (χ1) is 8.95. The quantitative estimate of drug-likeness (QED) is 0.911. The molecule has 7 heteroatoms. The fraction of sp³-hybridized carbons (Fsp3) is 0.417. The van der Waals surface area contributed by atoms with Crippen LogP contribution in [0.25, 0.3) is 0 Å². The normalized spacial score (nSPS) is 21.2. The summed E-state index contributed by atoms with van der Waals surface area (Å²) < 4.78 is 25.4. The van der Waals surface area contributed by atoms with Gasteiger partial charge < -0.3 is 5.32 Å². The smallest absolute Gasteiger partial charge is 0.243 e. The third-order valence-electron chi connectivity index (χ3n) is 3.08. The standard InChI is InChI=1S/C12H15ClN2O3S/c1-2-19(17,18)15-8-7-14-12(16)11(15)9-3-5-10(13)6-4-9/h3-6,11H,2,7-8H2,1H3,(H,14,16). The summed E-state index contributed by atoms with van der Waals surface area (Å²) in [7, 11) is -3.42. The number of carbonyl (C=O) groups is 1. The Morgan fingerprint density at radius 2 is 2.00 bits per heavy atom. The predicted molar refractivity (Wildman–Crippen MR) is 73.4 cm³/mol. The molecule has 1 aliphatic heterocycles. The zero-order valence-electron chi connectivity index (χ0n) is 10.5. The molecule has 1 unspecified atom stereocenters. The van der Waals surface area contributed by atoms with Crippen LogP contribution in [0.2, 0.25) is 5.02 Å². The van der Waals surface area contributed by atoms with Crippen molar-refractivity contribution in [3.63, 3.8) is 0 Å². The van der Waals surface area contributed by atoms with Gasteiger partial charge in [-0.25, -0.2) is 8.42 Å². The van der Waals surface area contributed by atoms with E-state index in [4.69, 9.17) is 11.6 Å². The van der Waals surface area contributed by atoms with Crippen molar-refractivity contribution in [2.75, 3.05) is 18.8 Å². The van der Waals surface area contributed by atoms with E-state index in [0.29, 0.717) is 17.1 Å². The van der Waals surface area contributed by atoms with E-state index in [0.717, 1.165) is 0 Å². The first kappa shape index (κ1) is 14.3. The van der Waals surface area contributed by atoms with Crippen molar-refractivity contribution < 1.29 is 13.2 Å². The summed E-state index contributed by atoms with van der Waals surface area (Å²) in [6.07, 6.45) is 0. The van der Waals surface area contributed by atoms with Gasteiger partial charge in [0.15, 0.2) is 0 Å². The lowest BCUT2D eigenvalue weighted by Crippen LogP contribution is -2.52. The lowest BCUT2D eigenvalue weighted by Gasteiger charge is -2.34. The minimum Gasteiger partial charge on any atom is -0.353 e. The van der Waals surface area contributed by atoms with Gasteiger partial charge in [-0.2, -0.15) is 4.31 Å². The molecule has 1 heterocycles. The van der Waals surface area contributed by atoms with Crippen LogP contribution in [0.4, 0.5) is 0 Å². The van der Waals surface area contributed by atoms with Gasteiger partial charge in [-0.3, -0.25) is 4.79 Å². The minimum atomic E-state index is -3.42. The number of sulfonamides is 1. The topological polar surface area (TPSA) is 66.5 Å². The molecule has 1 aromatic carbocycles. The number of nitrogens with zero attached hydrogens (tertiary/aromatic N) is 1. The molecular weight excluding hydrogens is 288 g/mol. The zero-order valence-corrected chi connectivity index (χ0v) is 12.0. The van der Waals surface area contributed by atoms with Crippen molar-refractivity contribution in [3.8, 4) is 0 Å². The molecule has 1 atom stereocenters. The van der Waals surface area contributed by atoms with Crippen LogP contribution in [-0.4, -0.2) is 37.5 Å². The van der Waals surface area contributed by atoms with Crippen molar-refractivity contribution in [2.24, 2.45) is 0 Å². The molecule has 1 saturated heterocycles. The highest BCUT2D eigenvalue weighted by Gasteiger charge is 2.37. The van der Waals surface area contributed by atoms with Crippen molar-refractivity contribution in [2.45, 2.75) is 13.0 Å². The average molecular weight is 303 g/mol. The number of carbonyl (C=O) groups excluding carboxylic acids is 1. The van der Waals surface area contributed by atoms with E-state index in [1.165, 1.54) is 4.31 Å². The van der Waals surface area contributed by atoms with Gasteiger partial charge in [0.05, 0.1) is 5.75 Å². The maximum Gasteiger partial charge on any atom is 0.243 e. The van der Waals surface area contributed by atoms with Crippen LogP contribution in [0.1, 0.15) is 18.5 Å². The first-order valence-electron chi connectivity index (χ1n) is 5.98. The highest BCUT2D eigenvalue weighted by atomic mass is 35.5. The Morgan fingerprint density at radius 3 is 2.58 bits per heavy atom. The predicted octanol–water partition coefficient (Wildman–Crippen LogP) is 1.16. The number of hydrogen-bond donors (Lipinski definition) is 1. The number of piperazine rings is 1. The Labute approximate surface area is 117 Å². The Balaban J connectivity index is 2.42. The van der Waals surface area contributed by atoms with Crippen molar-refractivity contribution in [1.29, 1.82) is 0 Å². The lowest BCUT2D eigenvalue weighted by molar-refractivity contribution is -0.126. The molecule has 0 bridgehead atoms. The van der Waals surface area contributed by atoms with Gasteiger partial charge in [0.25, 0.3) is 0 Å². The fourth-order valence-corrected chi connectivity index (χ4v) is 3.44. The molecule has 1 aliphatic rings. The van der Waals surface area contributed by atoms with E-state index in [1.54, 1.807) is 31.2 Å². The molecule has 0 saturated carbocycles. The summed E-state index contributed by atoms with van der Waals surface area (Å²) in [5, 5.41) is 3.24. The van der Waals surface area contributed by atoms with Gasteiger partial charge in [0.1, 0.15) is 6.04 Å². The van der Waals surface area contributed by atoms with Gasteiger partial charge >= 0.3 is 0 Å². The third kappa shape index (κ3) is 2.91. The Morgan fingerprint density at radius 1 is 1.37 bits per heavy atom. The molecule has 1 aromatic rings. The molecule has 1 amide bonds. The van der Waals surface area contributed by atoms with Gasteiger partial charge in [-0.05, 0) is 24.6 Å². The summed E-state index contributed by atoms with van der Waals surface area (Å²) in [5.41, 5.74) is 0.624. The molecule has 0 spiro atoms. The maximum atomic E-state index is 12.1. The molecule has 5 nitrogen and oxygen atoms in total. The van der Waals surface area contributed by atoms with Crippen LogP contribution < -0.4 is 5.32 Å². The van der Waals surface area contributed by atoms with E-state index in [1.807, 2.05) is 0 Å². The maximum absolute atomic E-state index is 12.1. The second-order valence-corrected chi connectivity index (χ2v) is 6.90. The Hall–Kier alpha value is -1.11. The summed E-state index contributed by atoms with van der Waals surface area (Å²) in [6.45, 7) is 2.19. The third-order valence-corrected chi connectivity index (χ3v) is 5.17. The van der Waals surface area contributed by atoms with Crippen LogP contribution in [0.5, 0.6) is 0 Å². The van der Waals surface area contributed by atoms with Gasteiger partial charge in [-0.1, -0.05) is 23.7 Å². The van der Waals surface area contributed by atoms with Crippen molar-refractivity contribution in [3.05, 3.63) is 34.9 Å². The van der Waals surface area contributed by atoms with E-state index in [2.05, 4.69) is 5.32 Å².